The van der Waals surface area contributed by atoms with Gasteiger partial charge >= 0.3 is 0 Å². The molecular formula is C14H21BrN2. The molecule has 0 amide bonds. The molecule has 1 aromatic rings. The highest BCUT2D eigenvalue weighted by Gasteiger charge is 2.37. The van der Waals surface area contributed by atoms with Crippen molar-refractivity contribution in [3.8, 4) is 0 Å². The maximum absolute atomic E-state index is 3.49. The van der Waals surface area contributed by atoms with E-state index < -0.39 is 0 Å². The van der Waals surface area contributed by atoms with Gasteiger partial charge < -0.3 is 10.2 Å². The van der Waals surface area contributed by atoms with Crippen molar-refractivity contribution in [1.29, 1.82) is 0 Å². The number of benzene rings is 1. The first kappa shape index (κ1) is 12.9. The first-order valence-corrected chi connectivity index (χ1v) is 7.00. The van der Waals surface area contributed by atoms with E-state index in [4.69, 9.17) is 0 Å². The van der Waals surface area contributed by atoms with Gasteiger partial charge in [0.25, 0.3) is 0 Å². The summed E-state index contributed by atoms with van der Waals surface area (Å²) in [6, 6.07) is 8.65. The number of halogens is 1. The Morgan fingerprint density at radius 2 is 2.00 bits per heavy atom. The van der Waals surface area contributed by atoms with Gasteiger partial charge in [0.1, 0.15) is 0 Å². The van der Waals surface area contributed by atoms with E-state index in [-0.39, 0.29) is 5.54 Å². The number of anilines is 1. The summed E-state index contributed by atoms with van der Waals surface area (Å²) in [5, 5.41) is 3.29. The average molecular weight is 297 g/mol. The SMILES string of the molecule is CNCC1CN(c2ccc(Br)cc2)C(C)(C)C1. The summed E-state index contributed by atoms with van der Waals surface area (Å²) in [6.07, 6.45) is 1.25. The molecule has 1 unspecified atom stereocenters. The molecule has 3 heteroatoms. The van der Waals surface area contributed by atoms with E-state index in [1.807, 2.05) is 7.05 Å². The predicted octanol–water partition coefficient (Wildman–Crippen LogP) is 3.27. The Balaban J connectivity index is 2.17. The topological polar surface area (TPSA) is 15.3 Å². The second-order valence-corrected chi connectivity index (χ2v) is 6.44. The third kappa shape index (κ3) is 2.83. The van der Waals surface area contributed by atoms with Gasteiger partial charge in [-0.15, -0.1) is 0 Å². The van der Waals surface area contributed by atoms with Gasteiger partial charge in [0.15, 0.2) is 0 Å². The highest BCUT2D eigenvalue weighted by molar-refractivity contribution is 9.10. The summed E-state index contributed by atoms with van der Waals surface area (Å²) in [7, 11) is 2.04. The first-order chi connectivity index (χ1) is 8.03. The summed E-state index contributed by atoms with van der Waals surface area (Å²) in [6.45, 7) is 6.93. The number of hydrogen-bond acceptors (Lipinski definition) is 2. The van der Waals surface area contributed by atoms with Gasteiger partial charge in [-0.05, 0) is 64.0 Å². The van der Waals surface area contributed by atoms with Crippen LogP contribution in [0.2, 0.25) is 0 Å². The minimum absolute atomic E-state index is 0.259. The van der Waals surface area contributed by atoms with Crippen LogP contribution in [0.25, 0.3) is 0 Å². The summed E-state index contributed by atoms with van der Waals surface area (Å²) in [5.41, 5.74) is 1.59. The molecule has 1 saturated heterocycles. The van der Waals surface area contributed by atoms with E-state index in [9.17, 15) is 0 Å². The molecule has 94 valence electrons. The Labute approximate surface area is 113 Å². The molecular weight excluding hydrogens is 276 g/mol. The standard InChI is InChI=1S/C14H21BrN2/c1-14(2)8-11(9-16-3)10-17(14)13-6-4-12(15)5-7-13/h4-7,11,16H,8-10H2,1-3H3. The minimum Gasteiger partial charge on any atom is -0.366 e. The van der Waals surface area contributed by atoms with Gasteiger partial charge in [-0.3, -0.25) is 0 Å². The molecule has 0 spiro atoms. The molecule has 1 N–H and O–H groups in total. The zero-order valence-electron chi connectivity index (χ0n) is 10.8. The third-order valence-electron chi connectivity index (χ3n) is 3.59. The highest BCUT2D eigenvalue weighted by Crippen LogP contribution is 2.36. The molecule has 0 radical (unpaired) electrons. The molecule has 0 saturated carbocycles. The van der Waals surface area contributed by atoms with E-state index in [0.717, 1.165) is 23.5 Å². The van der Waals surface area contributed by atoms with Crippen LogP contribution in [0.1, 0.15) is 20.3 Å². The van der Waals surface area contributed by atoms with E-state index in [2.05, 4.69) is 64.3 Å². The third-order valence-corrected chi connectivity index (χ3v) is 4.12. The highest BCUT2D eigenvalue weighted by atomic mass is 79.9. The molecule has 17 heavy (non-hydrogen) atoms. The fraction of sp³-hybridized carbons (Fsp3) is 0.571. The van der Waals surface area contributed by atoms with Crippen LogP contribution in [0.15, 0.2) is 28.7 Å². The molecule has 0 aliphatic carbocycles. The summed E-state index contributed by atoms with van der Waals surface area (Å²) in [4.78, 5) is 2.53. The molecule has 1 fully saturated rings. The van der Waals surface area contributed by atoms with Crippen LogP contribution in [0, 0.1) is 5.92 Å². The lowest BCUT2D eigenvalue weighted by atomic mass is 9.96. The maximum atomic E-state index is 3.49. The number of nitrogens with zero attached hydrogens (tertiary/aromatic N) is 1. The molecule has 0 aromatic heterocycles. The van der Waals surface area contributed by atoms with Gasteiger partial charge in [-0.25, -0.2) is 0 Å². The number of hydrogen-bond donors (Lipinski definition) is 1. The van der Waals surface area contributed by atoms with Gasteiger partial charge in [-0.1, -0.05) is 15.9 Å². The lowest BCUT2D eigenvalue weighted by Crippen LogP contribution is -2.38. The van der Waals surface area contributed by atoms with Crippen molar-refractivity contribution in [3.63, 3.8) is 0 Å². The summed E-state index contributed by atoms with van der Waals surface area (Å²) in [5.74, 6) is 0.749. The molecule has 2 rings (SSSR count). The van der Waals surface area contributed by atoms with E-state index in [0.29, 0.717) is 0 Å². The molecule has 1 atom stereocenters. The Kier molecular flexibility index (Phi) is 3.79. The van der Waals surface area contributed by atoms with Gasteiger partial charge in [0, 0.05) is 22.2 Å². The Morgan fingerprint density at radius 1 is 1.35 bits per heavy atom. The zero-order chi connectivity index (χ0) is 12.5. The van der Waals surface area contributed by atoms with Crippen LogP contribution >= 0.6 is 15.9 Å². The minimum atomic E-state index is 0.259. The monoisotopic (exact) mass is 296 g/mol. The largest absolute Gasteiger partial charge is 0.366 e. The van der Waals surface area contributed by atoms with Crippen LogP contribution in [-0.4, -0.2) is 25.7 Å². The Morgan fingerprint density at radius 3 is 2.59 bits per heavy atom. The first-order valence-electron chi connectivity index (χ1n) is 6.21. The lowest BCUT2D eigenvalue weighted by Gasteiger charge is -2.33. The number of nitrogens with one attached hydrogen (secondary N) is 1. The smallest absolute Gasteiger partial charge is 0.0371 e. The van der Waals surface area contributed by atoms with Crippen molar-refractivity contribution in [1.82, 2.24) is 5.32 Å². The van der Waals surface area contributed by atoms with Crippen molar-refractivity contribution in [2.24, 2.45) is 5.92 Å². The number of rotatable bonds is 3. The van der Waals surface area contributed by atoms with Crippen LogP contribution in [0.4, 0.5) is 5.69 Å². The van der Waals surface area contributed by atoms with E-state index in [1.165, 1.54) is 12.1 Å². The van der Waals surface area contributed by atoms with E-state index >= 15 is 0 Å². The van der Waals surface area contributed by atoms with Crippen molar-refractivity contribution >= 4 is 21.6 Å². The Hall–Kier alpha value is -0.540. The van der Waals surface area contributed by atoms with Crippen molar-refractivity contribution in [2.75, 3.05) is 25.0 Å². The summed E-state index contributed by atoms with van der Waals surface area (Å²) < 4.78 is 1.14. The fourth-order valence-electron chi connectivity index (χ4n) is 2.89. The predicted molar refractivity (Wildman–Crippen MR) is 77.6 cm³/mol. The maximum Gasteiger partial charge on any atom is 0.0371 e. The second kappa shape index (κ2) is 4.99. The Bertz CT molecular complexity index is 372. The second-order valence-electron chi connectivity index (χ2n) is 5.53. The van der Waals surface area contributed by atoms with Crippen LogP contribution in [-0.2, 0) is 0 Å². The molecule has 2 nitrogen and oxygen atoms in total. The van der Waals surface area contributed by atoms with Gasteiger partial charge in [-0.2, -0.15) is 0 Å². The fourth-order valence-corrected chi connectivity index (χ4v) is 3.15. The average Bonchev–Trinajstić information content (AvgIpc) is 2.55. The molecule has 1 aliphatic rings. The van der Waals surface area contributed by atoms with Crippen molar-refractivity contribution in [3.05, 3.63) is 28.7 Å². The zero-order valence-corrected chi connectivity index (χ0v) is 12.4. The normalized spacial score (nSPS) is 23.1. The van der Waals surface area contributed by atoms with Crippen LogP contribution in [0.5, 0.6) is 0 Å². The van der Waals surface area contributed by atoms with Gasteiger partial charge in [0.05, 0.1) is 0 Å². The lowest BCUT2D eigenvalue weighted by molar-refractivity contribution is 0.462. The van der Waals surface area contributed by atoms with Gasteiger partial charge in [0.2, 0.25) is 0 Å². The molecule has 1 aromatic carbocycles. The van der Waals surface area contributed by atoms with Crippen molar-refractivity contribution in [2.45, 2.75) is 25.8 Å². The molecule has 1 aliphatic heterocycles. The molecule has 0 bridgehead atoms. The summed E-state index contributed by atoms with van der Waals surface area (Å²) >= 11 is 3.49. The van der Waals surface area contributed by atoms with Crippen LogP contribution < -0.4 is 10.2 Å². The van der Waals surface area contributed by atoms with E-state index in [1.54, 1.807) is 0 Å². The van der Waals surface area contributed by atoms with Crippen molar-refractivity contribution < 1.29 is 0 Å². The quantitative estimate of drug-likeness (QED) is 0.921. The van der Waals surface area contributed by atoms with Crippen LogP contribution in [0.3, 0.4) is 0 Å². The molecule has 1 heterocycles.